The molecule has 0 saturated carbocycles. The summed E-state index contributed by atoms with van der Waals surface area (Å²) in [5.41, 5.74) is 0.868. The van der Waals surface area contributed by atoms with Crippen molar-refractivity contribution in [2.24, 2.45) is 0 Å². The third-order valence-corrected chi connectivity index (χ3v) is 4.95. The molecule has 1 aliphatic heterocycles. The molecule has 0 spiro atoms. The molecule has 4 nitrogen and oxygen atoms in total. The van der Waals surface area contributed by atoms with Gasteiger partial charge in [-0.3, -0.25) is 9.59 Å². The number of nitrogens with zero attached hydrogens (tertiary/aromatic N) is 2. The highest BCUT2D eigenvalue weighted by Crippen LogP contribution is 2.22. The van der Waals surface area contributed by atoms with Gasteiger partial charge in [-0.05, 0) is 36.4 Å². The van der Waals surface area contributed by atoms with Gasteiger partial charge in [-0.1, -0.05) is 46.4 Å². The van der Waals surface area contributed by atoms with Crippen LogP contribution in [-0.4, -0.2) is 47.8 Å². The van der Waals surface area contributed by atoms with Gasteiger partial charge in [0.05, 0.1) is 0 Å². The van der Waals surface area contributed by atoms with Crippen LogP contribution in [0.15, 0.2) is 36.4 Å². The molecule has 0 bridgehead atoms. The van der Waals surface area contributed by atoms with Crippen molar-refractivity contribution in [2.45, 2.75) is 0 Å². The first kappa shape index (κ1) is 19.3. The summed E-state index contributed by atoms with van der Waals surface area (Å²) in [6, 6.07) is 9.49. The number of carbonyl (C=O) groups excluding carboxylic acids is 2. The molecule has 136 valence electrons. The van der Waals surface area contributed by atoms with Crippen molar-refractivity contribution in [1.29, 1.82) is 0 Å². The van der Waals surface area contributed by atoms with E-state index in [2.05, 4.69) is 0 Å². The molecule has 0 aromatic heterocycles. The molecule has 1 heterocycles. The third kappa shape index (κ3) is 4.44. The zero-order valence-corrected chi connectivity index (χ0v) is 16.5. The zero-order valence-electron chi connectivity index (χ0n) is 13.5. The number of rotatable bonds is 2. The van der Waals surface area contributed by atoms with Gasteiger partial charge < -0.3 is 9.80 Å². The Kier molecular flexibility index (Phi) is 5.98. The van der Waals surface area contributed by atoms with Gasteiger partial charge in [-0.25, -0.2) is 0 Å². The van der Waals surface area contributed by atoms with E-state index in [0.29, 0.717) is 57.4 Å². The maximum absolute atomic E-state index is 12.6. The van der Waals surface area contributed by atoms with Gasteiger partial charge in [0.1, 0.15) is 0 Å². The first-order valence-corrected chi connectivity index (χ1v) is 9.35. The highest BCUT2D eigenvalue weighted by Gasteiger charge is 2.26. The Hall–Kier alpha value is -1.46. The standard InChI is InChI=1S/C18H14Cl4N2O2/c19-13-5-11(6-14(20)9-13)17(25)23-1-2-24(4-3-23)18(26)12-7-15(21)10-16(22)8-12/h5-10H,1-4H2. The number of amides is 2. The van der Waals surface area contributed by atoms with E-state index in [4.69, 9.17) is 46.4 Å². The van der Waals surface area contributed by atoms with Crippen molar-refractivity contribution < 1.29 is 9.59 Å². The number of halogens is 4. The fraction of sp³-hybridized carbons (Fsp3) is 0.222. The predicted molar refractivity (Wildman–Crippen MR) is 105 cm³/mol. The fourth-order valence-electron chi connectivity index (χ4n) is 2.83. The van der Waals surface area contributed by atoms with Crippen LogP contribution in [0.1, 0.15) is 20.7 Å². The van der Waals surface area contributed by atoms with E-state index in [1.54, 1.807) is 46.2 Å². The molecule has 2 aromatic rings. The van der Waals surface area contributed by atoms with Gasteiger partial charge in [0, 0.05) is 57.4 Å². The summed E-state index contributed by atoms with van der Waals surface area (Å²) >= 11 is 23.8. The van der Waals surface area contributed by atoms with E-state index in [9.17, 15) is 9.59 Å². The van der Waals surface area contributed by atoms with Crippen LogP contribution in [0.25, 0.3) is 0 Å². The Bertz CT molecular complexity index is 752. The summed E-state index contributed by atoms with van der Waals surface area (Å²) in [7, 11) is 0. The Morgan fingerprint density at radius 1 is 0.577 bits per heavy atom. The van der Waals surface area contributed by atoms with Crippen LogP contribution in [0.5, 0.6) is 0 Å². The number of carbonyl (C=O) groups is 2. The highest BCUT2D eigenvalue weighted by molar-refractivity contribution is 6.35. The number of piperazine rings is 1. The van der Waals surface area contributed by atoms with Crippen molar-refractivity contribution in [2.75, 3.05) is 26.2 Å². The predicted octanol–water partition coefficient (Wildman–Crippen LogP) is 4.90. The lowest BCUT2D eigenvalue weighted by molar-refractivity contribution is 0.0535. The molecule has 1 saturated heterocycles. The zero-order chi connectivity index (χ0) is 18.8. The lowest BCUT2D eigenvalue weighted by Crippen LogP contribution is -2.50. The summed E-state index contributed by atoms with van der Waals surface area (Å²) in [5, 5.41) is 1.64. The van der Waals surface area contributed by atoms with Crippen LogP contribution >= 0.6 is 46.4 Å². The second-order valence-electron chi connectivity index (χ2n) is 5.90. The molecule has 1 aliphatic rings. The third-order valence-electron chi connectivity index (χ3n) is 4.07. The molecule has 26 heavy (non-hydrogen) atoms. The first-order chi connectivity index (χ1) is 12.3. The average molecular weight is 432 g/mol. The number of hydrogen-bond donors (Lipinski definition) is 0. The van der Waals surface area contributed by atoms with Crippen LogP contribution in [-0.2, 0) is 0 Å². The van der Waals surface area contributed by atoms with Gasteiger partial charge in [0.25, 0.3) is 11.8 Å². The second kappa shape index (κ2) is 8.05. The molecule has 0 radical (unpaired) electrons. The largest absolute Gasteiger partial charge is 0.335 e. The van der Waals surface area contributed by atoms with Gasteiger partial charge in [-0.15, -0.1) is 0 Å². The van der Waals surface area contributed by atoms with E-state index in [0.717, 1.165) is 0 Å². The topological polar surface area (TPSA) is 40.6 Å². The summed E-state index contributed by atoms with van der Waals surface area (Å²) in [5.74, 6) is -0.320. The summed E-state index contributed by atoms with van der Waals surface area (Å²) in [6.07, 6.45) is 0. The summed E-state index contributed by atoms with van der Waals surface area (Å²) in [6.45, 7) is 1.68. The molecule has 0 unspecified atom stereocenters. The minimum atomic E-state index is -0.160. The van der Waals surface area contributed by atoms with Gasteiger partial charge in [-0.2, -0.15) is 0 Å². The second-order valence-corrected chi connectivity index (χ2v) is 7.65. The monoisotopic (exact) mass is 430 g/mol. The number of hydrogen-bond acceptors (Lipinski definition) is 2. The van der Waals surface area contributed by atoms with E-state index >= 15 is 0 Å². The minimum absolute atomic E-state index is 0.160. The van der Waals surface area contributed by atoms with Crippen LogP contribution < -0.4 is 0 Å². The van der Waals surface area contributed by atoms with Crippen LogP contribution in [0, 0.1) is 0 Å². The quantitative estimate of drug-likeness (QED) is 0.678. The normalized spacial score (nSPS) is 14.5. The van der Waals surface area contributed by atoms with Crippen molar-refractivity contribution in [3.05, 3.63) is 67.6 Å². The Balaban J connectivity index is 1.67. The van der Waals surface area contributed by atoms with E-state index in [-0.39, 0.29) is 11.8 Å². The Morgan fingerprint density at radius 3 is 1.12 bits per heavy atom. The van der Waals surface area contributed by atoms with Crippen molar-refractivity contribution in [1.82, 2.24) is 9.80 Å². The van der Waals surface area contributed by atoms with Gasteiger partial charge >= 0.3 is 0 Å². The Labute approximate surface area is 171 Å². The highest BCUT2D eigenvalue weighted by atomic mass is 35.5. The molecule has 0 N–H and O–H groups in total. The summed E-state index contributed by atoms with van der Waals surface area (Å²) in [4.78, 5) is 28.6. The molecular weight excluding hydrogens is 418 g/mol. The molecule has 1 fully saturated rings. The van der Waals surface area contributed by atoms with Crippen LogP contribution in [0.3, 0.4) is 0 Å². The van der Waals surface area contributed by atoms with Crippen molar-refractivity contribution in [3.8, 4) is 0 Å². The smallest absolute Gasteiger partial charge is 0.254 e. The van der Waals surface area contributed by atoms with Crippen LogP contribution in [0.2, 0.25) is 20.1 Å². The first-order valence-electron chi connectivity index (χ1n) is 7.84. The van der Waals surface area contributed by atoms with Crippen LogP contribution in [0.4, 0.5) is 0 Å². The SMILES string of the molecule is O=C(c1cc(Cl)cc(Cl)c1)N1CCN(C(=O)c2cc(Cl)cc(Cl)c2)CC1. The van der Waals surface area contributed by atoms with Crippen molar-refractivity contribution in [3.63, 3.8) is 0 Å². The summed E-state index contributed by atoms with van der Waals surface area (Å²) < 4.78 is 0. The molecular formula is C18H14Cl4N2O2. The average Bonchev–Trinajstić information content (AvgIpc) is 2.59. The molecule has 3 rings (SSSR count). The maximum atomic E-state index is 12.6. The fourth-order valence-corrected chi connectivity index (χ4v) is 3.88. The lowest BCUT2D eigenvalue weighted by Gasteiger charge is -2.35. The number of benzene rings is 2. The van der Waals surface area contributed by atoms with E-state index < -0.39 is 0 Å². The minimum Gasteiger partial charge on any atom is -0.335 e. The Morgan fingerprint density at radius 2 is 0.846 bits per heavy atom. The lowest BCUT2D eigenvalue weighted by atomic mass is 10.1. The van der Waals surface area contributed by atoms with E-state index in [1.165, 1.54) is 0 Å². The van der Waals surface area contributed by atoms with E-state index in [1.807, 2.05) is 0 Å². The maximum Gasteiger partial charge on any atom is 0.254 e. The van der Waals surface area contributed by atoms with Gasteiger partial charge in [0.2, 0.25) is 0 Å². The van der Waals surface area contributed by atoms with Gasteiger partial charge in [0.15, 0.2) is 0 Å². The molecule has 2 aromatic carbocycles. The molecule has 2 amide bonds. The molecule has 0 aliphatic carbocycles. The molecule has 8 heteroatoms. The molecule has 0 atom stereocenters. The van der Waals surface area contributed by atoms with Crippen molar-refractivity contribution >= 4 is 58.2 Å².